The Hall–Kier alpha value is -2.44. The second kappa shape index (κ2) is 8.97. The van der Waals surface area contributed by atoms with Crippen LogP contribution in [0.15, 0.2) is 36.5 Å². The van der Waals surface area contributed by atoms with Crippen molar-refractivity contribution in [3.8, 4) is 0 Å². The molecule has 0 saturated carbocycles. The Labute approximate surface area is 185 Å². The number of hydrogen-bond donors (Lipinski definition) is 0. The summed E-state index contributed by atoms with van der Waals surface area (Å²) in [5.74, 6) is -0.0395. The second-order valence-corrected chi connectivity index (χ2v) is 9.05. The molecule has 2 aliphatic heterocycles. The fourth-order valence-electron chi connectivity index (χ4n) is 4.60. The third-order valence-electron chi connectivity index (χ3n) is 6.22. The highest BCUT2D eigenvalue weighted by molar-refractivity contribution is 5.93. The molecule has 2 saturated heterocycles. The summed E-state index contributed by atoms with van der Waals surface area (Å²) < 4.78 is 12.0. The van der Waals surface area contributed by atoms with Crippen LogP contribution in [-0.4, -0.2) is 60.3 Å². The Balaban J connectivity index is 1.55. The average molecular weight is 424 g/mol. The smallest absolute Gasteiger partial charge is 0.272 e. The summed E-state index contributed by atoms with van der Waals surface area (Å²) in [6, 6.07) is 10.3. The molecule has 3 heterocycles. The lowest BCUT2D eigenvalue weighted by Gasteiger charge is -2.39. The van der Waals surface area contributed by atoms with E-state index in [1.54, 1.807) is 6.20 Å². The lowest BCUT2D eigenvalue weighted by atomic mass is 9.98. The number of pyridine rings is 1. The van der Waals surface area contributed by atoms with Crippen molar-refractivity contribution in [1.29, 1.82) is 0 Å². The average Bonchev–Trinajstić information content (AvgIpc) is 2.75. The summed E-state index contributed by atoms with van der Waals surface area (Å²) in [4.78, 5) is 22.1. The summed E-state index contributed by atoms with van der Waals surface area (Å²) in [7, 11) is 0. The zero-order chi connectivity index (χ0) is 22.1. The third kappa shape index (κ3) is 4.75. The third-order valence-corrected chi connectivity index (χ3v) is 6.22. The molecule has 0 bridgehead atoms. The van der Waals surface area contributed by atoms with Gasteiger partial charge in [0.25, 0.3) is 5.91 Å². The van der Waals surface area contributed by atoms with Gasteiger partial charge in [-0.2, -0.15) is 0 Å². The van der Waals surface area contributed by atoms with Crippen molar-refractivity contribution in [3.05, 3.63) is 58.9 Å². The Bertz CT molecular complexity index is 937. The molecule has 2 aromatic rings. The number of morpholine rings is 2. The fourth-order valence-corrected chi connectivity index (χ4v) is 4.60. The lowest BCUT2D eigenvalue weighted by molar-refractivity contribution is -0.0491. The topological polar surface area (TPSA) is 54.9 Å². The molecule has 0 aliphatic carbocycles. The number of anilines is 1. The van der Waals surface area contributed by atoms with Crippen molar-refractivity contribution < 1.29 is 14.3 Å². The predicted molar refractivity (Wildman–Crippen MR) is 122 cm³/mol. The van der Waals surface area contributed by atoms with Gasteiger partial charge in [0.1, 0.15) is 11.8 Å². The number of hydrogen-bond acceptors (Lipinski definition) is 5. The quantitative estimate of drug-likeness (QED) is 0.749. The first kappa shape index (κ1) is 21.8. The molecule has 6 heteroatoms. The van der Waals surface area contributed by atoms with E-state index in [0.29, 0.717) is 18.8 Å². The van der Waals surface area contributed by atoms with Gasteiger partial charge in [0.15, 0.2) is 0 Å². The van der Waals surface area contributed by atoms with Crippen molar-refractivity contribution in [2.24, 2.45) is 0 Å². The largest absolute Gasteiger partial charge is 0.372 e. The van der Waals surface area contributed by atoms with Crippen LogP contribution in [0.4, 0.5) is 5.69 Å². The van der Waals surface area contributed by atoms with Crippen LogP contribution in [0.5, 0.6) is 0 Å². The van der Waals surface area contributed by atoms with Crippen LogP contribution in [0.1, 0.15) is 54.1 Å². The van der Waals surface area contributed by atoms with Gasteiger partial charge in [-0.3, -0.25) is 9.78 Å². The van der Waals surface area contributed by atoms with E-state index in [0.717, 1.165) is 24.3 Å². The molecule has 1 aromatic carbocycles. The standard InChI is InChI=1S/C25H33N3O3/c1-16-6-7-17(2)22(10-16)24-14-28(18(3)15-30-24)25(29)23-11-21(8-9-26-23)27-12-19(4)31-20(5)13-27/h6-11,18-20,24H,12-15H2,1-5H3/t18-,19-,20+,24+/m1/s1. The highest BCUT2D eigenvalue weighted by Crippen LogP contribution is 2.29. The molecule has 0 radical (unpaired) electrons. The zero-order valence-corrected chi connectivity index (χ0v) is 19.2. The van der Waals surface area contributed by atoms with Crippen molar-refractivity contribution in [2.75, 3.05) is 31.1 Å². The van der Waals surface area contributed by atoms with Gasteiger partial charge in [-0.25, -0.2) is 0 Å². The van der Waals surface area contributed by atoms with E-state index in [1.807, 2.05) is 24.0 Å². The van der Waals surface area contributed by atoms with Crippen molar-refractivity contribution in [3.63, 3.8) is 0 Å². The Morgan fingerprint density at radius 1 is 1.03 bits per heavy atom. The molecule has 31 heavy (non-hydrogen) atoms. The molecular weight excluding hydrogens is 390 g/mol. The summed E-state index contributed by atoms with van der Waals surface area (Å²) >= 11 is 0. The van der Waals surface area contributed by atoms with Gasteiger partial charge in [0.05, 0.1) is 31.4 Å². The van der Waals surface area contributed by atoms with Gasteiger partial charge in [-0.05, 0) is 57.9 Å². The number of ether oxygens (including phenoxy) is 2. The molecule has 4 rings (SSSR count). The molecule has 1 amide bonds. The fraction of sp³-hybridized carbons (Fsp3) is 0.520. The maximum absolute atomic E-state index is 13.5. The maximum Gasteiger partial charge on any atom is 0.272 e. The zero-order valence-electron chi connectivity index (χ0n) is 19.2. The number of aromatic nitrogens is 1. The second-order valence-electron chi connectivity index (χ2n) is 9.05. The van der Waals surface area contributed by atoms with Crippen LogP contribution < -0.4 is 4.90 Å². The molecular formula is C25H33N3O3. The van der Waals surface area contributed by atoms with E-state index in [-0.39, 0.29) is 30.3 Å². The van der Waals surface area contributed by atoms with Crippen LogP contribution >= 0.6 is 0 Å². The minimum atomic E-state index is -0.121. The molecule has 2 fully saturated rings. The van der Waals surface area contributed by atoms with Gasteiger partial charge in [0.2, 0.25) is 0 Å². The van der Waals surface area contributed by atoms with E-state index in [2.05, 4.69) is 55.8 Å². The number of benzene rings is 1. The van der Waals surface area contributed by atoms with Crippen molar-refractivity contribution in [1.82, 2.24) is 9.88 Å². The number of nitrogens with zero attached hydrogens (tertiary/aromatic N) is 3. The van der Waals surface area contributed by atoms with Gasteiger partial charge in [0, 0.05) is 25.0 Å². The van der Waals surface area contributed by atoms with Crippen molar-refractivity contribution in [2.45, 2.75) is 59.0 Å². The normalized spacial score (nSPS) is 26.7. The molecule has 0 N–H and O–H groups in total. The Kier molecular flexibility index (Phi) is 6.30. The SMILES string of the molecule is Cc1ccc(C)c([C@@H]2CN(C(=O)c3cc(N4C[C@@H](C)O[C@@H](C)C4)ccn3)[C@H](C)CO2)c1. The van der Waals surface area contributed by atoms with Crippen LogP contribution in [0.25, 0.3) is 0 Å². The highest BCUT2D eigenvalue weighted by atomic mass is 16.5. The monoisotopic (exact) mass is 423 g/mol. The van der Waals surface area contributed by atoms with Crippen LogP contribution in [0.3, 0.4) is 0 Å². The number of amides is 1. The summed E-state index contributed by atoms with van der Waals surface area (Å²) in [5.41, 5.74) is 5.05. The van der Waals surface area contributed by atoms with Gasteiger partial charge >= 0.3 is 0 Å². The minimum Gasteiger partial charge on any atom is -0.372 e. The molecule has 6 nitrogen and oxygen atoms in total. The summed E-state index contributed by atoms with van der Waals surface area (Å²) in [6.45, 7) is 13.0. The minimum absolute atomic E-state index is 0.00255. The van der Waals surface area contributed by atoms with E-state index in [4.69, 9.17) is 9.47 Å². The highest BCUT2D eigenvalue weighted by Gasteiger charge is 2.33. The van der Waals surface area contributed by atoms with E-state index < -0.39 is 0 Å². The van der Waals surface area contributed by atoms with Gasteiger partial charge < -0.3 is 19.3 Å². The molecule has 0 spiro atoms. The van der Waals surface area contributed by atoms with E-state index in [1.165, 1.54) is 11.1 Å². The maximum atomic E-state index is 13.5. The Morgan fingerprint density at radius 2 is 1.77 bits per heavy atom. The molecule has 2 aliphatic rings. The number of rotatable bonds is 3. The van der Waals surface area contributed by atoms with E-state index >= 15 is 0 Å². The van der Waals surface area contributed by atoms with E-state index in [9.17, 15) is 4.79 Å². The van der Waals surface area contributed by atoms with Crippen molar-refractivity contribution >= 4 is 11.6 Å². The molecule has 1 aromatic heterocycles. The van der Waals surface area contributed by atoms with Crippen LogP contribution in [0.2, 0.25) is 0 Å². The predicted octanol–water partition coefficient (Wildman–Crippen LogP) is 3.91. The Morgan fingerprint density at radius 3 is 2.52 bits per heavy atom. The first-order chi connectivity index (χ1) is 14.8. The molecule has 166 valence electrons. The lowest BCUT2D eigenvalue weighted by Crippen LogP contribution is -2.48. The van der Waals surface area contributed by atoms with Gasteiger partial charge in [-0.1, -0.05) is 23.8 Å². The van der Waals surface area contributed by atoms with Crippen LogP contribution in [-0.2, 0) is 9.47 Å². The number of aryl methyl sites for hydroxylation is 2. The first-order valence-electron chi connectivity index (χ1n) is 11.2. The number of carbonyl (C=O) groups is 1. The molecule has 4 atom stereocenters. The number of carbonyl (C=O) groups excluding carboxylic acids is 1. The van der Waals surface area contributed by atoms with Crippen LogP contribution in [0, 0.1) is 13.8 Å². The summed E-state index contributed by atoms with van der Waals surface area (Å²) in [5, 5.41) is 0. The van der Waals surface area contributed by atoms with Gasteiger partial charge in [-0.15, -0.1) is 0 Å². The molecule has 0 unspecified atom stereocenters. The first-order valence-corrected chi connectivity index (χ1v) is 11.2. The summed E-state index contributed by atoms with van der Waals surface area (Å²) in [6.07, 6.45) is 1.94.